The lowest BCUT2D eigenvalue weighted by Crippen LogP contribution is -2.27. The van der Waals surface area contributed by atoms with Gasteiger partial charge in [0.25, 0.3) is 0 Å². The molecule has 0 amide bonds. The summed E-state index contributed by atoms with van der Waals surface area (Å²) >= 11 is 0. The summed E-state index contributed by atoms with van der Waals surface area (Å²) in [7, 11) is 0. The molecule has 0 rings (SSSR count). The highest BCUT2D eigenvalue weighted by atomic mass is 16.6. The van der Waals surface area contributed by atoms with E-state index in [1.165, 1.54) is 0 Å². The van der Waals surface area contributed by atoms with E-state index in [9.17, 15) is 4.79 Å². The fraction of sp³-hybridized carbons (Fsp3) is 0.900. The monoisotopic (exact) mass is 188 g/mol. The Balaban J connectivity index is 3.80. The number of carbonyl (C=O) groups excluding carboxylic acids is 1. The van der Waals surface area contributed by atoms with Crippen LogP contribution < -0.4 is 0 Å². The molecule has 0 aromatic rings. The van der Waals surface area contributed by atoms with Crippen LogP contribution in [0.2, 0.25) is 0 Å². The minimum atomic E-state index is -0.387. The van der Waals surface area contributed by atoms with E-state index >= 15 is 0 Å². The number of carbonyl (C=O) groups is 1. The van der Waals surface area contributed by atoms with Gasteiger partial charge in [0.2, 0.25) is 0 Å². The summed E-state index contributed by atoms with van der Waals surface area (Å²) in [5, 5.41) is 0. The Morgan fingerprint density at radius 3 is 2.31 bits per heavy atom. The van der Waals surface area contributed by atoms with Crippen LogP contribution in [0.4, 0.5) is 0 Å². The molecule has 3 heteroatoms. The summed E-state index contributed by atoms with van der Waals surface area (Å²) in [6.45, 7) is 8.85. The van der Waals surface area contributed by atoms with E-state index in [0.29, 0.717) is 25.6 Å². The number of ether oxygens (including phenoxy) is 2. The maximum atomic E-state index is 11.2. The minimum absolute atomic E-state index is 0.245. The van der Waals surface area contributed by atoms with Gasteiger partial charge in [0.15, 0.2) is 6.10 Å². The molecule has 13 heavy (non-hydrogen) atoms. The smallest absolute Gasteiger partial charge is 0.335 e. The standard InChI is InChI=1S/C10H20O3/c1-5-9(10(11)12-6-2)13-7-8(3)4/h8-9H,5-7H2,1-4H3. The highest BCUT2D eigenvalue weighted by Gasteiger charge is 2.18. The Hall–Kier alpha value is -0.570. The molecule has 0 spiro atoms. The zero-order valence-corrected chi connectivity index (χ0v) is 9.00. The van der Waals surface area contributed by atoms with Crippen molar-refractivity contribution in [1.82, 2.24) is 0 Å². The van der Waals surface area contributed by atoms with Gasteiger partial charge < -0.3 is 9.47 Å². The Kier molecular flexibility index (Phi) is 6.59. The van der Waals surface area contributed by atoms with Gasteiger partial charge in [-0.25, -0.2) is 4.79 Å². The molecule has 0 radical (unpaired) electrons. The van der Waals surface area contributed by atoms with Gasteiger partial charge in [0, 0.05) is 0 Å². The maximum Gasteiger partial charge on any atom is 0.335 e. The van der Waals surface area contributed by atoms with E-state index in [2.05, 4.69) is 13.8 Å². The van der Waals surface area contributed by atoms with Crippen LogP contribution in [0.15, 0.2) is 0 Å². The van der Waals surface area contributed by atoms with E-state index in [-0.39, 0.29) is 12.1 Å². The molecule has 0 saturated carbocycles. The van der Waals surface area contributed by atoms with E-state index in [1.807, 2.05) is 6.92 Å². The molecule has 0 N–H and O–H groups in total. The van der Waals surface area contributed by atoms with Gasteiger partial charge in [-0.05, 0) is 19.3 Å². The van der Waals surface area contributed by atoms with E-state index < -0.39 is 0 Å². The molecular formula is C10H20O3. The molecule has 0 saturated heterocycles. The van der Waals surface area contributed by atoms with Crippen molar-refractivity contribution < 1.29 is 14.3 Å². The summed E-state index contributed by atoms with van der Waals surface area (Å²) in [4.78, 5) is 11.2. The molecule has 3 nitrogen and oxygen atoms in total. The van der Waals surface area contributed by atoms with Crippen LogP contribution in [0.25, 0.3) is 0 Å². The van der Waals surface area contributed by atoms with Crippen LogP contribution in [0.1, 0.15) is 34.1 Å². The highest BCUT2D eigenvalue weighted by molar-refractivity contribution is 5.74. The Bertz CT molecular complexity index is 143. The first kappa shape index (κ1) is 12.4. The predicted octanol–water partition coefficient (Wildman–Crippen LogP) is 2.00. The van der Waals surface area contributed by atoms with E-state index in [0.717, 1.165) is 0 Å². The van der Waals surface area contributed by atoms with Crippen molar-refractivity contribution in [3.05, 3.63) is 0 Å². The number of hydrogen-bond donors (Lipinski definition) is 0. The van der Waals surface area contributed by atoms with Crippen molar-refractivity contribution in [3.63, 3.8) is 0 Å². The van der Waals surface area contributed by atoms with Crippen LogP contribution in [0, 0.1) is 5.92 Å². The lowest BCUT2D eigenvalue weighted by molar-refractivity contribution is -0.157. The van der Waals surface area contributed by atoms with Gasteiger partial charge in [0.05, 0.1) is 13.2 Å². The zero-order chi connectivity index (χ0) is 10.3. The first-order valence-electron chi connectivity index (χ1n) is 4.90. The molecule has 0 fully saturated rings. The number of esters is 1. The van der Waals surface area contributed by atoms with Crippen LogP contribution in [0.3, 0.4) is 0 Å². The fourth-order valence-electron chi connectivity index (χ4n) is 0.896. The molecule has 78 valence electrons. The second kappa shape index (κ2) is 6.89. The molecular weight excluding hydrogens is 168 g/mol. The average Bonchev–Trinajstić information content (AvgIpc) is 2.05. The Labute approximate surface area is 80.4 Å². The van der Waals surface area contributed by atoms with Crippen molar-refractivity contribution in [2.45, 2.75) is 40.2 Å². The van der Waals surface area contributed by atoms with Crippen molar-refractivity contribution in [2.75, 3.05) is 13.2 Å². The summed E-state index contributed by atoms with van der Waals surface area (Å²) < 4.78 is 10.3. The molecule has 0 aliphatic carbocycles. The largest absolute Gasteiger partial charge is 0.464 e. The third-order valence-corrected chi connectivity index (χ3v) is 1.55. The molecule has 0 aliphatic heterocycles. The van der Waals surface area contributed by atoms with Crippen molar-refractivity contribution in [1.29, 1.82) is 0 Å². The SMILES string of the molecule is CCOC(=O)C(CC)OCC(C)C. The molecule has 0 aromatic carbocycles. The van der Waals surface area contributed by atoms with Crippen LogP contribution >= 0.6 is 0 Å². The zero-order valence-electron chi connectivity index (χ0n) is 9.00. The van der Waals surface area contributed by atoms with Gasteiger partial charge in [-0.1, -0.05) is 20.8 Å². The molecule has 0 aromatic heterocycles. The third kappa shape index (κ3) is 5.64. The number of rotatable bonds is 6. The molecule has 0 aliphatic rings. The number of hydrogen-bond acceptors (Lipinski definition) is 3. The summed E-state index contributed by atoms with van der Waals surface area (Å²) in [6.07, 6.45) is 0.285. The van der Waals surface area contributed by atoms with E-state index in [4.69, 9.17) is 9.47 Å². The topological polar surface area (TPSA) is 35.5 Å². The van der Waals surface area contributed by atoms with Crippen molar-refractivity contribution in [3.8, 4) is 0 Å². The van der Waals surface area contributed by atoms with Gasteiger partial charge >= 0.3 is 5.97 Å². The van der Waals surface area contributed by atoms with Crippen LogP contribution in [-0.4, -0.2) is 25.3 Å². The van der Waals surface area contributed by atoms with Crippen LogP contribution in [-0.2, 0) is 14.3 Å². The van der Waals surface area contributed by atoms with Gasteiger partial charge in [-0.2, -0.15) is 0 Å². The lowest BCUT2D eigenvalue weighted by atomic mass is 10.2. The molecule has 1 unspecified atom stereocenters. The van der Waals surface area contributed by atoms with Gasteiger partial charge in [-0.3, -0.25) is 0 Å². The normalized spacial score (nSPS) is 13.0. The fourth-order valence-corrected chi connectivity index (χ4v) is 0.896. The summed E-state index contributed by atoms with van der Waals surface area (Å²) in [6, 6.07) is 0. The maximum absolute atomic E-state index is 11.2. The average molecular weight is 188 g/mol. The minimum Gasteiger partial charge on any atom is -0.464 e. The quantitative estimate of drug-likeness (QED) is 0.598. The Morgan fingerprint density at radius 2 is 1.92 bits per heavy atom. The summed E-state index contributed by atoms with van der Waals surface area (Å²) in [5.41, 5.74) is 0. The van der Waals surface area contributed by atoms with Crippen LogP contribution in [0.5, 0.6) is 0 Å². The highest BCUT2D eigenvalue weighted by Crippen LogP contribution is 2.04. The van der Waals surface area contributed by atoms with Crippen molar-refractivity contribution >= 4 is 5.97 Å². The van der Waals surface area contributed by atoms with Gasteiger partial charge in [0.1, 0.15) is 0 Å². The first-order valence-corrected chi connectivity index (χ1v) is 4.90. The van der Waals surface area contributed by atoms with Crippen molar-refractivity contribution in [2.24, 2.45) is 5.92 Å². The van der Waals surface area contributed by atoms with Gasteiger partial charge in [-0.15, -0.1) is 0 Å². The summed E-state index contributed by atoms with van der Waals surface area (Å²) in [5.74, 6) is 0.203. The predicted molar refractivity (Wildman–Crippen MR) is 51.5 cm³/mol. The second-order valence-electron chi connectivity index (χ2n) is 3.38. The second-order valence-corrected chi connectivity index (χ2v) is 3.38. The third-order valence-electron chi connectivity index (χ3n) is 1.55. The molecule has 0 bridgehead atoms. The lowest BCUT2D eigenvalue weighted by Gasteiger charge is -2.15. The molecule has 1 atom stereocenters. The Morgan fingerprint density at radius 1 is 1.31 bits per heavy atom. The molecule has 0 heterocycles. The first-order chi connectivity index (χ1) is 6.11. The van der Waals surface area contributed by atoms with E-state index in [1.54, 1.807) is 6.92 Å².